The molecule has 0 aliphatic rings. The van der Waals surface area contributed by atoms with Crippen molar-refractivity contribution in [3.63, 3.8) is 0 Å². The third-order valence-electron chi connectivity index (χ3n) is 1.68. The van der Waals surface area contributed by atoms with Crippen molar-refractivity contribution in [2.45, 2.75) is 30.9 Å². The normalized spacial score (nSPS) is 14.6. The van der Waals surface area contributed by atoms with Crippen LogP contribution >= 0.6 is 0 Å². The molecule has 0 aromatic carbocycles. The van der Waals surface area contributed by atoms with Crippen LogP contribution in [0.15, 0.2) is 0 Å². The minimum atomic E-state index is -7.09. The molecule has 0 unspecified atom stereocenters. The first-order valence-electron chi connectivity index (χ1n) is 4.10. The fourth-order valence-corrected chi connectivity index (χ4v) is 0.725. The van der Waals surface area contributed by atoms with Crippen molar-refractivity contribution in [1.29, 1.82) is 0 Å². The molecule has 108 valence electrons. The molecule has 0 radical (unpaired) electrons. The van der Waals surface area contributed by atoms with Gasteiger partial charge in [-0.25, -0.2) is 4.79 Å². The first-order chi connectivity index (χ1) is 7.73. The van der Waals surface area contributed by atoms with Crippen LogP contribution in [0, 0.1) is 0 Å². The van der Waals surface area contributed by atoms with Gasteiger partial charge in [-0.15, -0.1) is 0 Å². The van der Waals surface area contributed by atoms with Crippen LogP contribution < -0.4 is 0 Å². The van der Waals surface area contributed by atoms with Gasteiger partial charge in [-0.05, 0) is 6.92 Å². The fourth-order valence-electron chi connectivity index (χ4n) is 0.725. The Hall–Kier alpha value is -1.16. The molecule has 0 aliphatic heterocycles. The van der Waals surface area contributed by atoms with E-state index in [2.05, 4.69) is 4.74 Å². The SMILES string of the molecule is CCOC(=O)C(F)(F)C(F)(F)C(F)(F)C(F)(F)F. The molecule has 0 amide bonds. The van der Waals surface area contributed by atoms with Gasteiger partial charge in [-0.2, -0.15) is 39.5 Å². The van der Waals surface area contributed by atoms with Crippen molar-refractivity contribution in [2.24, 2.45) is 0 Å². The molecule has 2 nitrogen and oxygen atoms in total. The van der Waals surface area contributed by atoms with Gasteiger partial charge < -0.3 is 4.74 Å². The van der Waals surface area contributed by atoms with E-state index in [0.717, 1.165) is 6.92 Å². The maximum Gasteiger partial charge on any atom is 0.460 e. The van der Waals surface area contributed by atoms with Crippen LogP contribution in [0.25, 0.3) is 0 Å². The Morgan fingerprint density at radius 2 is 1.28 bits per heavy atom. The molecule has 0 heterocycles. The standard InChI is InChI=1S/C7H5F9O2/c1-2-18-3(17)4(8,9)5(10,11)6(12,13)7(14,15)16/h2H2,1H3. The summed E-state index contributed by atoms with van der Waals surface area (Å²) >= 11 is 0. The summed E-state index contributed by atoms with van der Waals surface area (Å²) < 4.78 is 113. The van der Waals surface area contributed by atoms with E-state index < -0.39 is 36.5 Å². The molecule has 0 aromatic heterocycles. The second-order valence-corrected chi connectivity index (χ2v) is 2.94. The zero-order valence-corrected chi connectivity index (χ0v) is 8.43. The maximum atomic E-state index is 12.6. The Morgan fingerprint density at radius 1 is 0.889 bits per heavy atom. The summed E-state index contributed by atoms with van der Waals surface area (Å²) in [7, 11) is 0. The molecule has 0 atom stereocenters. The monoisotopic (exact) mass is 292 g/mol. The van der Waals surface area contributed by atoms with E-state index in [9.17, 15) is 44.3 Å². The predicted molar refractivity (Wildman–Crippen MR) is 37.5 cm³/mol. The molecular formula is C7H5F9O2. The van der Waals surface area contributed by atoms with Crippen molar-refractivity contribution >= 4 is 5.97 Å². The van der Waals surface area contributed by atoms with Gasteiger partial charge in [-0.1, -0.05) is 0 Å². The summed E-state index contributed by atoms with van der Waals surface area (Å²) in [6, 6.07) is 0. The highest BCUT2D eigenvalue weighted by Gasteiger charge is 2.84. The molecule has 0 rings (SSSR count). The van der Waals surface area contributed by atoms with Crippen LogP contribution in [0.3, 0.4) is 0 Å². The van der Waals surface area contributed by atoms with Gasteiger partial charge in [0.05, 0.1) is 6.61 Å². The number of carbonyl (C=O) groups is 1. The minimum absolute atomic E-state index is 0.869. The molecule has 0 bridgehead atoms. The van der Waals surface area contributed by atoms with E-state index in [1.165, 1.54) is 0 Å². The van der Waals surface area contributed by atoms with E-state index in [0.29, 0.717) is 0 Å². The number of carbonyl (C=O) groups excluding carboxylic acids is 1. The summed E-state index contributed by atoms with van der Waals surface area (Å²) in [4.78, 5) is 10.3. The van der Waals surface area contributed by atoms with Gasteiger partial charge in [-0.3, -0.25) is 0 Å². The molecule has 18 heavy (non-hydrogen) atoms. The first-order valence-corrected chi connectivity index (χ1v) is 4.10. The lowest BCUT2D eigenvalue weighted by molar-refractivity contribution is -0.390. The Bertz CT molecular complexity index is 319. The van der Waals surface area contributed by atoms with Gasteiger partial charge >= 0.3 is 29.9 Å². The third-order valence-corrected chi connectivity index (χ3v) is 1.68. The van der Waals surface area contributed by atoms with Gasteiger partial charge in [0.25, 0.3) is 0 Å². The van der Waals surface area contributed by atoms with Crippen molar-refractivity contribution in [1.82, 2.24) is 0 Å². The highest BCUT2D eigenvalue weighted by molar-refractivity contribution is 5.79. The Balaban J connectivity index is 5.57. The van der Waals surface area contributed by atoms with Crippen LogP contribution in [-0.2, 0) is 9.53 Å². The van der Waals surface area contributed by atoms with Crippen molar-refractivity contribution in [3.8, 4) is 0 Å². The largest absolute Gasteiger partial charge is 0.461 e. The lowest BCUT2D eigenvalue weighted by atomic mass is 10.0. The summed E-state index contributed by atoms with van der Waals surface area (Å²) in [6.07, 6.45) is -6.95. The summed E-state index contributed by atoms with van der Waals surface area (Å²) in [6.45, 7) is -0.0316. The number of hydrogen-bond donors (Lipinski definition) is 0. The summed E-state index contributed by atoms with van der Waals surface area (Å²) in [5, 5.41) is 0. The summed E-state index contributed by atoms with van der Waals surface area (Å²) in [5.41, 5.74) is 0. The zero-order valence-electron chi connectivity index (χ0n) is 8.43. The average molecular weight is 292 g/mol. The van der Waals surface area contributed by atoms with E-state index in [1.807, 2.05) is 0 Å². The lowest BCUT2D eigenvalue weighted by Gasteiger charge is -2.32. The summed E-state index contributed by atoms with van der Waals surface area (Å²) in [5.74, 6) is -23.5. The Labute approximate surface area is 93.7 Å². The van der Waals surface area contributed by atoms with Crippen molar-refractivity contribution < 1.29 is 49.0 Å². The molecule has 0 N–H and O–H groups in total. The van der Waals surface area contributed by atoms with Crippen molar-refractivity contribution in [3.05, 3.63) is 0 Å². The smallest absolute Gasteiger partial charge is 0.460 e. The average Bonchev–Trinajstić information content (AvgIpc) is 2.15. The second kappa shape index (κ2) is 4.50. The van der Waals surface area contributed by atoms with Gasteiger partial charge in [0.1, 0.15) is 0 Å². The number of hydrogen-bond acceptors (Lipinski definition) is 2. The second-order valence-electron chi connectivity index (χ2n) is 2.94. The Kier molecular flexibility index (Phi) is 4.21. The number of esters is 1. The van der Waals surface area contributed by atoms with Gasteiger partial charge in [0, 0.05) is 0 Å². The maximum absolute atomic E-state index is 12.6. The van der Waals surface area contributed by atoms with Crippen LogP contribution in [0.1, 0.15) is 6.92 Å². The Morgan fingerprint density at radius 3 is 1.56 bits per heavy atom. The highest BCUT2D eigenvalue weighted by atomic mass is 19.4. The van der Waals surface area contributed by atoms with Gasteiger partial charge in [0.2, 0.25) is 0 Å². The molecule has 0 aromatic rings. The number of alkyl halides is 9. The minimum Gasteiger partial charge on any atom is -0.461 e. The zero-order chi connectivity index (χ0) is 15.0. The van der Waals surface area contributed by atoms with Crippen LogP contribution in [0.4, 0.5) is 39.5 Å². The van der Waals surface area contributed by atoms with Crippen LogP contribution in [-0.4, -0.2) is 36.5 Å². The van der Waals surface area contributed by atoms with Crippen molar-refractivity contribution in [2.75, 3.05) is 6.61 Å². The van der Waals surface area contributed by atoms with E-state index in [1.54, 1.807) is 0 Å². The highest BCUT2D eigenvalue weighted by Crippen LogP contribution is 2.53. The van der Waals surface area contributed by atoms with Gasteiger partial charge in [0.15, 0.2) is 0 Å². The molecule has 0 saturated heterocycles. The number of rotatable bonds is 4. The third kappa shape index (κ3) is 2.34. The fraction of sp³-hybridized carbons (Fsp3) is 0.857. The van der Waals surface area contributed by atoms with Crippen LogP contribution in [0.5, 0.6) is 0 Å². The molecule has 0 saturated carbocycles. The molecule has 0 aliphatic carbocycles. The van der Waals surface area contributed by atoms with Crippen LogP contribution in [0.2, 0.25) is 0 Å². The molecule has 0 fully saturated rings. The lowest BCUT2D eigenvalue weighted by Crippen LogP contribution is -2.63. The topological polar surface area (TPSA) is 26.3 Å². The quantitative estimate of drug-likeness (QED) is 0.588. The molecular weight excluding hydrogens is 287 g/mol. The van der Waals surface area contributed by atoms with E-state index in [4.69, 9.17) is 0 Å². The molecule has 11 heteroatoms. The number of halogens is 9. The van der Waals surface area contributed by atoms with E-state index >= 15 is 0 Å². The molecule has 0 spiro atoms. The van der Waals surface area contributed by atoms with E-state index in [-0.39, 0.29) is 0 Å². The first kappa shape index (κ1) is 16.8. The predicted octanol–water partition coefficient (Wildman–Crippen LogP) is 3.02. The number of ether oxygens (including phenoxy) is 1.